The van der Waals surface area contributed by atoms with Gasteiger partial charge in [0.1, 0.15) is 18.2 Å². The van der Waals surface area contributed by atoms with Gasteiger partial charge in [0.15, 0.2) is 0 Å². The van der Waals surface area contributed by atoms with Crippen molar-refractivity contribution in [3.63, 3.8) is 0 Å². The molecule has 1 saturated carbocycles. The van der Waals surface area contributed by atoms with Crippen LogP contribution in [0, 0.1) is 0 Å². The lowest BCUT2D eigenvalue weighted by Crippen LogP contribution is -2.41. The largest absolute Gasteiger partial charge is 0.490 e. The zero-order chi connectivity index (χ0) is 19.1. The molecule has 1 aliphatic heterocycles. The van der Waals surface area contributed by atoms with Crippen LogP contribution in [0.2, 0.25) is 0 Å². The highest BCUT2D eigenvalue weighted by Crippen LogP contribution is 2.37. The summed E-state index contributed by atoms with van der Waals surface area (Å²) in [6.07, 6.45) is 1.64. The van der Waals surface area contributed by atoms with Crippen LogP contribution in [0.3, 0.4) is 0 Å². The van der Waals surface area contributed by atoms with E-state index in [1.165, 1.54) is 0 Å². The summed E-state index contributed by atoms with van der Waals surface area (Å²) in [4.78, 5) is 12.4. The van der Waals surface area contributed by atoms with Crippen molar-refractivity contribution in [1.29, 1.82) is 0 Å². The van der Waals surface area contributed by atoms with Gasteiger partial charge in [-0.15, -0.1) is 4.40 Å². The Balaban J connectivity index is 1.49. The Bertz CT molecular complexity index is 1030. The van der Waals surface area contributed by atoms with E-state index in [2.05, 4.69) is 9.71 Å². The second kappa shape index (κ2) is 6.38. The zero-order valence-electron chi connectivity index (χ0n) is 14.5. The first-order valence-corrected chi connectivity index (χ1v) is 10.2. The lowest BCUT2D eigenvalue weighted by molar-refractivity contribution is 0.0913. The zero-order valence-corrected chi connectivity index (χ0v) is 15.3. The van der Waals surface area contributed by atoms with Gasteiger partial charge in [0, 0.05) is 5.56 Å². The van der Waals surface area contributed by atoms with Crippen LogP contribution in [0.15, 0.2) is 52.9 Å². The van der Waals surface area contributed by atoms with Gasteiger partial charge in [0.2, 0.25) is 0 Å². The van der Waals surface area contributed by atoms with Gasteiger partial charge in [-0.05, 0) is 36.6 Å². The summed E-state index contributed by atoms with van der Waals surface area (Å²) < 4.78 is 33.0. The fourth-order valence-electron chi connectivity index (χ4n) is 3.11. The maximum absolute atomic E-state index is 12.4. The Hall–Kier alpha value is -2.87. The molecule has 0 bridgehead atoms. The molecule has 4 rings (SSSR count). The number of hydrogen-bond donors (Lipinski definition) is 2. The predicted molar refractivity (Wildman–Crippen MR) is 101 cm³/mol. The molecule has 27 heavy (non-hydrogen) atoms. The van der Waals surface area contributed by atoms with Crippen LogP contribution in [0.25, 0.3) is 0 Å². The van der Waals surface area contributed by atoms with Crippen molar-refractivity contribution >= 4 is 21.8 Å². The van der Waals surface area contributed by atoms with E-state index in [1.54, 1.807) is 30.3 Å². The first-order chi connectivity index (χ1) is 12.9. The third-order valence-corrected chi connectivity index (χ3v) is 5.87. The molecule has 0 saturated heterocycles. The van der Waals surface area contributed by atoms with Crippen LogP contribution in [0.5, 0.6) is 5.75 Å². The van der Waals surface area contributed by atoms with Gasteiger partial charge >= 0.3 is 0 Å². The second-order valence-corrected chi connectivity index (χ2v) is 8.52. The Morgan fingerprint density at radius 3 is 2.59 bits per heavy atom. The lowest BCUT2D eigenvalue weighted by Gasteiger charge is -2.22. The summed E-state index contributed by atoms with van der Waals surface area (Å²) in [5.74, 6) is 0.0729. The molecular weight excluding hydrogens is 366 g/mol. The maximum Gasteiger partial charge on any atom is 0.259 e. The number of hydrogen-bond acceptors (Lipinski definition) is 5. The molecule has 1 fully saturated rings. The maximum atomic E-state index is 12.4. The summed E-state index contributed by atoms with van der Waals surface area (Å²) in [6, 6.07) is 14.2. The van der Waals surface area contributed by atoms with E-state index in [-0.39, 0.29) is 24.1 Å². The van der Waals surface area contributed by atoms with Crippen LogP contribution in [0.1, 0.15) is 34.3 Å². The van der Waals surface area contributed by atoms with E-state index in [9.17, 15) is 13.2 Å². The van der Waals surface area contributed by atoms with Crippen molar-refractivity contribution in [2.45, 2.75) is 24.1 Å². The minimum absolute atomic E-state index is 0.0648. The minimum atomic E-state index is -3.59. The minimum Gasteiger partial charge on any atom is -0.490 e. The Labute approximate surface area is 157 Å². The number of sulfonamides is 1. The molecule has 2 aromatic rings. The standard InChI is InChI=1S/C19H19N3O4S/c20-17-16-14(11-27(24,25)22-17)7-4-8-15(16)26-12-19(9-10-19)21-18(23)13-5-2-1-3-6-13/h1-8H,9-12H2,(H2,20,22)(H,21,23). The lowest BCUT2D eigenvalue weighted by atomic mass is 10.1. The number of nitrogens with one attached hydrogen (secondary N) is 1. The fraction of sp³-hybridized carbons (Fsp3) is 0.263. The number of amidine groups is 1. The molecule has 0 aromatic heterocycles. The number of amides is 1. The predicted octanol–water partition coefficient (Wildman–Crippen LogP) is 1.58. The average Bonchev–Trinajstić information content (AvgIpc) is 3.39. The molecule has 1 aliphatic carbocycles. The highest BCUT2D eigenvalue weighted by molar-refractivity contribution is 7.89. The third-order valence-electron chi connectivity index (χ3n) is 4.72. The SMILES string of the molecule is NC1=NS(=O)(=O)Cc2cccc(OCC3(NC(=O)c4ccccc4)CC3)c21. The number of carbonyl (C=O) groups is 1. The molecule has 0 spiro atoms. The fourth-order valence-corrected chi connectivity index (χ4v) is 4.20. The van der Waals surface area contributed by atoms with Crippen molar-refractivity contribution in [3.05, 3.63) is 65.2 Å². The van der Waals surface area contributed by atoms with Gasteiger partial charge in [-0.1, -0.05) is 30.3 Å². The molecule has 1 amide bonds. The summed E-state index contributed by atoms with van der Waals surface area (Å²) in [6.45, 7) is 0.280. The van der Waals surface area contributed by atoms with Gasteiger partial charge < -0.3 is 15.8 Å². The van der Waals surface area contributed by atoms with Crippen molar-refractivity contribution in [3.8, 4) is 5.75 Å². The normalized spacial score (nSPS) is 18.7. The molecule has 8 heteroatoms. The molecule has 0 radical (unpaired) electrons. The number of nitrogens with zero attached hydrogens (tertiary/aromatic N) is 1. The number of nitrogens with two attached hydrogens (primary N) is 1. The first kappa shape index (κ1) is 17.5. The molecule has 0 atom stereocenters. The van der Waals surface area contributed by atoms with Gasteiger partial charge in [0.05, 0.1) is 16.9 Å². The van der Waals surface area contributed by atoms with Gasteiger partial charge in [-0.25, -0.2) is 8.42 Å². The van der Waals surface area contributed by atoms with E-state index in [4.69, 9.17) is 10.5 Å². The van der Waals surface area contributed by atoms with Crippen LogP contribution in [-0.2, 0) is 15.8 Å². The first-order valence-electron chi connectivity index (χ1n) is 8.58. The van der Waals surface area contributed by atoms with Crippen LogP contribution < -0.4 is 15.8 Å². The van der Waals surface area contributed by atoms with Crippen molar-refractivity contribution in [2.24, 2.45) is 10.1 Å². The van der Waals surface area contributed by atoms with E-state index in [1.807, 2.05) is 18.2 Å². The third kappa shape index (κ3) is 3.66. The monoisotopic (exact) mass is 385 g/mol. The van der Waals surface area contributed by atoms with Gasteiger partial charge in [0.25, 0.3) is 15.9 Å². The highest BCUT2D eigenvalue weighted by atomic mass is 32.2. The molecule has 7 nitrogen and oxygen atoms in total. The smallest absolute Gasteiger partial charge is 0.259 e. The molecular formula is C19H19N3O4S. The Morgan fingerprint density at radius 2 is 1.89 bits per heavy atom. The van der Waals surface area contributed by atoms with Crippen molar-refractivity contribution in [1.82, 2.24) is 5.32 Å². The molecule has 1 heterocycles. The van der Waals surface area contributed by atoms with Crippen LogP contribution in [-0.4, -0.2) is 32.3 Å². The summed E-state index contributed by atoms with van der Waals surface area (Å²) in [5, 5.41) is 3.04. The number of benzene rings is 2. The van der Waals surface area contributed by atoms with E-state index < -0.39 is 15.6 Å². The Morgan fingerprint density at radius 1 is 1.15 bits per heavy atom. The summed E-state index contributed by atoms with van der Waals surface area (Å²) in [5.41, 5.74) is 7.12. The Kier molecular flexibility index (Phi) is 4.15. The quantitative estimate of drug-likeness (QED) is 0.812. The van der Waals surface area contributed by atoms with E-state index in [0.717, 1.165) is 12.8 Å². The average molecular weight is 385 g/mol. The van der Waals surface area contributed by atoms with E-state index in [0.29, 0.717) is 22.4 Å². The second-order valence-electron chi connectivity index (χ2n) is 6.88. The van der Waals surface area contributed by atoms with Crippen LogP contribution >= 0.6 is 0 Å². The molecule has 2 aromatic carbocycles. The van der Waals surface area contributed by atoms with Crippen molar-refractivity contribution in [2.75, 3.05) is 6.61 Å². The molecule has 3 N–H and O–H groups in total. The molecule has 0 unspecified atom stereocenters. The van der Waals surface area contributed by atoms with Gasteiger partial charge in [-0.2, -0.15) is 0 Å². The van der Waals surface area contributed by atoms with Crippen molar-refractivity contribution < 1.29 is 17.9 Å². The number of carbonyl (C=O) groups excluding carboxylic acids is 1. The highest BCUT2D eigenvalue weighted by Gasteiger charge is 2.45. The van der Waals surface area contributed by atoms with Gasteiger partial charge in [-0.3, -0.25) is 4.79 Å². The summed E-state index contributed by atoms with van der Waals surface area (Å²) >= 11 is 0. The van der Waals surface area contributed by atoms with Crippen LogP contribution in [0.4, 0.5) is 0 Å². The molecule has 140 valence electrons. The topological polar surface area (TPSA) is 111 Å². The molecule has 2 aliphatic rings. The van der Waals surface area contributed by atoms with E-state index >= 15 is 0 Å². The number of ether oxygens (including phenoxy) is 1. The summed E-state index contributed by atoms with van der Waals surface area (Å²) in [7, 11) is -3.59. The number of fused-ring (bicyclic) bond motifs is 1. The number of rotatable bonds is 5.